The Hall–Kier alpha value is -1.65. The van der Waals surface area contributed by atoms with Gasteiger partial charge in [-0.3, -0.25) is 0 Å². The van der Waals surface area contributed by atoms with E-state index in [1.165, 1.54) is 0 Å². The summed E-state index contributed by atoms with van der Waals surface area (Å²) in [5.74, 6) is 2.84. The third-order valence-corrected chi connectivity index (χ3v) is 1.98. The van der Waals surface area contributed by atoms with Crippen molar-refractivity contribution in [2.75, 3.05) is 0 Å². The van der Waals surface area contributed by atoms with Crippen molar-refractivity contribution in [1.82, 2.24) is 19.9 Å². The monoisotopic (exact) mass is 206 g/mol. The maximum atomic E-state index is 4.97. The molecule has 0 bridgehead atoms. The average Bonchev–Trinajstić information content (AvgIpc) is 2.72. The summed E-state index contributed by atoms with van der Waals surface area (Å²) in [5, 5.41) is 8.18. The van der Waals surface area contributed by atoms with Gasteiger partial charge in [-0.05, 0) is 12.8 Å². The standard InChI is InChI=1S/C10H14N4O/c1-7(2)4-9-11-6-14(12-9)10-5-8(3)15-13-10/h5-7H,4H2,1-3H3. The molecule has 0 N–H and O–H groups in total. The lowest BCUT2D eigenvalue weighted by Gasteiger charge is -1.97. The summed E-state index contributed by atoms with van der Waals surface area (Å²) < 4.78 is 6.60. The summed E-state index contributed by atoms with van der Waals surface area (Å²) in [4.78, 5) is 4.21. The van der Waals surface area contributed by atoms with Crippen LogP contribution in [0.2, 0.25) is 0 Å². The second kappa shape index (κ2) is 3.84. The topological polar surface area (TPSA) is 56.7 Å². The summed E-state index contributed by atoms with van der Waals surface area (Å²) in [6, 6.07) is 1.83. The van der Waals surface area contributed by atoms with Gasteiger partial charge in [0.15, 0.2) is 11.6 Å². The second-order valence-electron chi connectivity index (χ2n) is 4.00. The molecule has 2 heterocycles. The average molecular weight is 206 g/mol. The van der Waals surface area contributed by atoms with Gasteiger partial charge < -0.3 is 4.52 Å². The van der Waals surface area contributed by atoms with E-state index >= 15 is 0 Å². The van der Waals surface area contributed by atoms with Crippen molar-refractivity contribution in [3.63, 3.8) is 0 Å². The Bertz CT molecular complexity index is 444. The van der Waals surface area contributed by atoms with E-state index in [4.69, 9.17) is 4.52 Å². The Morgan fingerprint density at radius 1 is 1.47 bits per heavy atom. The molecule has 0 unspecified atom stereocenters. The van der Waals surface area contributed by atoms with Crippen LogP contribution in [0.4, 0.5) is 0 Å². The zero-order valence-corrected chi connectivity index (χ0v) is 9.14. The predicted molar refractivity (Wildman–Crippen MR) is 54.7 cm³/mol. The van der Waals surface area contributed by atoms with E-state index in [1.807, 2.05) is 13.0 Å². The molecule has 0 fully saturated rings. The molecule has 15 heavy (non-hydrogen) atoms. The van der Waals surface area contributed by atoms with Gasteiger partial charge in [-0.2, -0.15) is 4.68 Å². The number of aryl methyl sites for hydroxylation is 1. The van der Waals surface area contributed by atoms with Gasteiger partial charge in [0.05, 0.1) is 0 Å². The second-order valence-corrected chi connectivity index (χ2v) is 4.00. The first kappa shape index (κ1) is 9.89. The zero-order chi connectivity index (χ0) is 10.8. The summed E-state index contributed by atoms with van der Waals surface area (Å²) in [5.41, 5.74) is 0. The molecule has 0 radical (unpaired) electrons. The molecular weight excluding hydrogens is 192 g/mol. The van der Waals surface area contributed by atoms with Crippen LogP contribution in [-0.4, -0.2) is 19.9 Å². The van der Waals surface area contributed by atoms with Crippen molar-refractivity contribution in [2.24, 2.45) is 5.92 Å². The summed E-state index contributed by atoms with van der Waals surface area (Å²) >= 11 is 0. The Labute approximate surface area is 88.1 Å². The fraction of sp³-hybridized carbons (Fsp3) is 0.500. The van der Waals surface area contributed by atoms with Gasteiger partial charge in [-0.15, -0.1) is 5.10 Å². The lowest BCUT2D eigenvalue weighted by Crippen LogP contribution is -1.99. The Morgan fingerprint density at radius 2 is 2.27 bits per heavy atom. The molecule has 0 saturated carbocycles. The van der Waals surface area contributed by atoms with Crippen molar-refractivity contribution in [1.29, 1.82) is 0 Å². The van der Waals surface area contributed by atoms with Crippen LogP contribution in [0.1, 0.15) is 25.4 Å². The molecule has 2 aromatic rings. The van der Waals surface area contributed by atoms with Crippen molar-refractivity contribution in [3.8, 4) is 5.82 Å². The van der Waals surface area contributed by atoms with E-state index in [0.29, 0.717) is 11.7 Å². The van der Waals surface area contributed by atoms with Crippen LogP contribution in [0.3, 0.4) is 0 Å². The number of aromatic nitrogens is 4. The SMILES string of the molecule is Cc1cc(-n2cnc(CC(C)C)n2)no1. The van der Waals surface area contributed by atoms with E-state index in [0.717, 1.165) is 18.0 Å². The Balaban J connectivity index is 2.20. The number of rotatable bonds is 3. The number of hydrogen-bond donors (Lipinski definition) is 0. The molecule has 0 amide bonds. The number of hydrogen-bond acceptors (Lipinski definition) is 4. The molecule has 0 atom stereocenters. The largest absolute Gasteiger partial charge is 0.359 e. The first-order chi connectivity index (χ1) is 7.15. The first-order valence-corrected chi connectivity index (χ1v) is 4.99. The smallest absolute Gasteiger partial charge is 0.198 e. The summed E-state index contributed by atoms with van der Waals surface area (Å²) in [6.45, 7) is 6.13. The molecule has 0 spiro atoms. The van der Waals surface area contributed by atoms with Crippen LogP contribution in [0, 0.1) is 12.8 Å². The minimum absolute atomic E-state index is 0.555. The van der Waals surface area contributed by atoms with E-state index in [2.05, 4.69) is 29.1 Å². The third kappa shape index (κ3) is 2.23. The normalized spacial score (nSPS) is 11.2. The van der Waals surface area contributed by atoms with Gasteiger partial charge in [0.2, 0.25) is 0 Å². The molecule has 0 aliphatic carbocycles. The van der Waals surface area contributed by atoms with Gasteiger partial charge in [0, 0.05) is 12.5 Å². The van der Waals surface area contributed by atoms with Crippen LogP contribution in [0.5, 0.6) is 0 Å². The van der Waals surface area contributed by atoms with Crippen LogP contribution in [0.15, 0.2) is 16.9 Å². The quantitative estimate of drug-likeness (QED) is 0.767. The molecule has 0 aliphatic rings. The fourth-order valence-corrected chi connectivity index (χ4v) is 1.33. The Kier molecular flexibility index (Phi) is 2.53. The lowest BCUT2D eigenvalue weighted by atomic mass is 10.1. The molecule has 80 valence electrons. The number of nitrogens with zero attached hydrogens (tertiary/aromatic N) is 4. The van der Waals surface area contributed by atoms with Gasteiger partial charge in [-0.1, -0.05) is 19.0 Å². The fourth-order valence-electron chi connectivity index (χ4n) is 1.33. The van der Waals surface area contributed by atoms with Crippen molar-refractivity contribution < 1.29 is 4.52 Å². The van der Waals surface area contributed by atoms with Crippen LogP contribution >= 0.6 is 0 Å². The first-order valence-electron chi connectivity index (χ1n) is 4.99. The maximum Gasteiger partial charge on any atom is 0.198 e. The molecule has 2 aromatic heterocycles. The predicted octanol–water partition coefficient (Wildman–Crippen LogP) is 1.76. The molecule has 5 heteroatoms. The van der Waals surface area contributed by atoms with Gasteiger partial charge >= 0.3 is 0 Å². The van der Waals surface area contributed by atoms with Crippen LogP contribution in [0.25, 0.3) is 5.82 Å². The van der Waals surface area contributed by atoms with Crippen molar-refractivity contribution in [3.05, 3.63) is 24.0 Å². The third-order valence-electron chi connectivity index (χ3n) is 1.98. The van der Waals surface area contributed by atoms with Crippen molar-refractivity contribution in [2.45, 2.75) is 27.2 Å². The molecule has 5 nitrogen and oxygen atoms in total. The maximum absolute atomic E-state index is 4.97. The van der Waals surface area contributed by atoms with Crippen LogP contribution < -0.4 is 0 Å². The summed E-state index contributed by atoms with van der Waals surface area (Å²) in [7, 11) is 0. The van der Waals surface area contributed by atoms with Crippen molar-refractivity contribution >= 4 is 0 Å². The molecular formula is C10H14N4O. The van der Waals surface area contributed by atoms with E-state index in [-0.39, 0.29) is 0 Å². The van der Waals surface area contributed by atoms with E-state index in [1.54, 1.807) is 11.0 Å². The van der Waals surface area contributed by atoms with E-state index in [9.17, 15) is 0 Å². The highest BCUT2D eigenvalue weighted by Crippen LogP contribution is 2.08. The van der Waals surface area contributed by atoms with E-state index < -0.39 is 0 Å². The molecule has 2 rings (SSSR count). The molecule has 0 saturated heterocycles. The minimum atomic E-state index is 0.555. The molecule has 0 aliphatic heterocycles. The van der Waals surface area contributed by atoms with Crippen LogP contribution in [-0.2, 0) is 6.42 Å². The highest BCUT2D eigenvalue weighted by Gasteiger charge is 2.07. The van der Waals surface area contributed by atoms with Gasteiger partial charge in [0.25, 0.3) is 0 Å². The Morgan fingerprint density at radius 3 is 2.87 bits per heavy atom. The highest BCUT2D eigenvalue weighted by molar-refractivity contribution is 5.19. The van der Waals surface area contributed by atoms with Gasteiger partial charge in [-0.25, -0.2) is 4.98 Å². The lowest BCUT2D eigenvalue weighted by molar-refractivity contribution is 0.393. The van der Waals surface area contributed by atoms with Gasteiger partial charge in [0.1, 0.15) is 12.1 Å². The summed E-state index contributed by atoms with van der Waals surface area (Å²) in [6.07, 6.45) is 2.54. The highest BCUT2D eigenvalue weighted by atomic mass is 16.5. The molecule has 0 aromatic carbocycles. The minimum Gasteiger partial charge on any atom is -0.359 e. The zero-order valence-electron chi connectivity index (χ0n) is 9.14.